The van der Waals surface area contributed by atoms with Crippen molar-refractivity contribution in [2.75, 3.05) is 54.1 Å². The van der Waals surface area contributed by atoms with Crippen LogP contribution >= 0.6 is 0 Å². The zero-order chi connectivity index (χ0) is 73.0. The smallest absolute Gasteiger partial charge is 0.298 e. The Kier molecular flexibility index (Phi) is 26.7. The monoisotopic (exact) mass is 1420 g/mol. The number of hydrogen-bond donors (Lipinski definition) is 4. The van der Waals surface area contributed by atoms with E-state index in [9.17, 15) is 22.8 Å². The van der Waals surface area contributed by atoms with Gasteiger partial charge in [0.15, 0.2) is 40.6 Å². The molecule has 3 aromatic heterocycles. The van der Waals surface area contributed by atoms with Crippen LogP contribution in [0.4, 0.5) is 0 Å². The molecule has 0 saturated heterocycles. The maximum absolute atomic E-state index is 13.2. The summed E-state index contributed by atoms with van der Waals surface area (Å²) in [6, 6.07) is 45.2. The minimum Gasteiger partial charge on any atom is -0.454 e. The number of nitrogens with zero attached hydrogens (tertiary/aromatic N) is 7. The first-order valence-electron chi connectivity index (χ1n) is 35.4. The first kappa shape index (κ1) is 75.8. The van der Waals surface area contributed by atoms with E-state index in [0.29, 0.717) is 38.2 Å². The van der Waals surface area contributed by atoms with Crippen LogP contribution < -0.4 is 50.1 Å². The van der Waals surface area contributed by atoms with Crippen molar-refractivity contribution >= 4 is 28.2 Å². The molecule has 8 heterocycles. The van der Waals surface area contributed by atoms with E-state index in [0.717, 1.165) is 153 Å². The van der Waals surface area contributed by atoms with Gasteiger partial charge in [0, 0.05) is 113 Å². The topological polar surface area (TPSA) is 269 Å². The van der Waals surface area contributed by atoms with Crippen molar-refractivity contribution in [2.45, 2.75) is 155 Å². The fourth-order valence-electron chi connectivity index (χ4n) is 13.6. The number of benzene rings is 6. The van der Waals surface area contributed by atoms with Crippen molar-refractivity contribution in [3.8, 4) is 34.5 Å². The Morgan fingerprint density at radius 3 is 1.62 bits per heavy atom. The first-order valence-corrected chi connectivity index (χ1v) is 36.9. The van der Waals surface area contributed by atoms with Crippen LogP contribution in [0.25, 0.3) is 0 Å². The van der Waals surface area contributed by atoms with E-state index >= 15 is 0 Å². The van der Waals surface area contributed by atoms with Crippen LogP contribution in [0, 0.1) is 27.7 Å². The van der Waals surface area contributed by atoms with Crippen LogP contribution in [0.15, 0.2) is 150 Å². The molecule has 2 amide bonds. The van der Waals surface area contributed by atoms with Gasteiger partial charge in [0.2, 0.25) is 26.3 Å². The minimum atomic E-state index is -4.04. The molecule has 23 nitrogen and oxygen atoms in total. The molecule has 9 aromatic rings. The van der Waals surface area contributed by atoms with Gasteiger partial charge in [-0.3, -0.25) is 28.5 Å². The summed E-state index contributed by atoms with van der Waals surface area (Å²) in [5.74, 6) is 4.39. The number of nitrogens with two attached hydrogens (primary N) is 1. The Balaban J connectivity index is 0.000000146. The summed E-state index contributed by atoms with van der Waals surface area (Å²) in [5, 5.41) is 22.9. The van der Waals surface area contributed by atoms with Crippen molar-refractivity contribution in [1.29, 1.82) is 0 Å². The average Bonchev–Trinajstić information content (AvgIpc) is 1.75. The van der Waals surface area contributed by atoms with E-state index < -0.39 is 22.1 Å². The van der Waals surface area contributed by atoms with Crippen LogP contribution in [-0.2, 0) is 86.8 Å². The molecule has 546 valence electrons. The number of aldehydes is 1. The van der Waals surface area contributed by atoms with Gasteiger partial charge >= 0.3 is 0 Å². The molecule has 0 fully saturated rings. The van der Waals surface area contributed by atoms with Crippen molar-refractivity contribution in [1.82, 2.24) is 50.2 Å². The first-order chi connectivity index (χ1) is 50.0. The van der Waals surface area contributed by atoms with Crippen molar-refractivity contribution < 1.29 is 55.4 Å². The highest BCUT2D eigenvalue weighted by Gasteiger charge is 2.39. The second kappa shape index (κ2) is 36.3. The highest BCUT2D eigenvalue weighted by molar-refractivity contribution is 7.86. The lowest BCUT2D eigenvalue weighted by Crippen LogP contribution is -2.45. The molecule has 0 radical (unpaired) electrons. The fraction of sp³-hybridized carbons (Fsp3) is 0.392. The number of carbonyl (C=O) groups excluding carboxylic acids is 3. The Hall–Kier alpha value is -9.85. The molecule has 5 aliphatic heterocycles. The number of amides is 2. The highest BCUT2D eigenvalue weighted by atomic mass is 32.2. The summed E-state index contributed by atoms with van der Waals surface area (Å²) < 4.78 is 68.4. The summed E-state index contributed by atoms with van der Waals surface area (Å²) >= 11 is 0. The number of carbonyl (C=O) groups is 3. The lowest BCUT2D eigenvalue weighted by molar-refractivity contribution is -0.128. The van der Waals surface area contributed by atoms with Crippen LogP contribution in [-0.4, -0.2) is 115 Å². The summed E-state index contributed by atoms with van der Waals surface area (Å²) in [6.45, 7) is 20.7. The number of aryl methyl sites for hydroxylation is 10. The van der Waals surface area contributed by atoms with E-state index in [1.807, 2.05) is 79.2 Å². The predicted octanol–water partition coefficient (Wildman–Crippen LogP) is 11.2. The standard InChI is InChI=1S/C27H32N4O3.C18H23N3O2.C16H17NO4S.C10H10O3.C8H15N3/c1-4-31-22-14-15-30(26(27(32)28-3)20-8-6-5-7-9-20)21(25(22)18(2)29-31)12-10-19-11-13-23-24(16-19)34-17-33-23;1-3-21-15-8-9-19-14(18(15)12(2)20-21)6-4-13-5-7-16-17(10-13)23-11-22-16;1-12-8-10-14(11-9-12)22(19,20)21-15(16(18)17-2)13-6-4-3-5-7-13;11-5-1-2-8-3-4-9-10(6-8)13-7-12-9;1-3-11-8(4-5-9)6-7(2)10-11/h5-9,11,13,16,21,26H,4,10,12,14-15,17H2,1-3H3,(H,28,32);5,7,10,14,19H,3-4,6,8-9,11H2,1-2H3;3-11,15H,1-2H3,(H,17,18);3-6H,1-2,7H2;6H,3-5,9H2,1-2H3/t21-,26+;14-;15-;;/m001../s1. The van der Waals surface area contributed by atoms with Gasteiger partial charge in [-0.25, -0.2) is 4.18 Å². The number of likely N-dealkylation sites (N-methyl/N-ethyl adjacent to an activating group) is 2. The third-order valence-electron chi connectivity index (χ3n) is 18.6. The molecule has 0 bridgehead atoms. The van der Waals surface area contributed by atoms with Gasteiger partial charge in [-0.05, 0) is 170 Å². The zero-order valence-electron chi connectivity index (χ0n) is 60.5. The molecule has 14 rings (SSSR count). The maximum atomic E-state index is 13.2. The van der Waals surface area contributed by atoms with Crippen LogP contribution in [0.5, 0.6) is 34.5 Å². The molecule has 5 aliphatic rings. The Morgan fingerprint density at radius 2 is 1.10 bits per heavy atom. The molecule has 4 atom stereocenters. The lowest BCUT2D eigenvalue weighted by atomic mass is 9.88. The Bertz CT molecular complexity index is 4410. The zero-order valence-corrected chi connectivity index (χ0v) is 61.3. The fourth-order valence-corrected chi connectivity index (χ4v) is 14.7. The molecule has 103 heavy (non-hydrogen) atoms. The van der Waals surface area contributed by atoms with Gasteiger partial charge in [0.05, 0.1) is 22.0 Å². The number of fused-ring (bicyclic) bond motifs is 5. The van der Waals surface area contributed by atoms with Gasteiger partial charge in [0.1, 0.15) is 12.3 Å². The minimum absolute atomic E-state index is 0.0166. The molecular weight excluding hydrogens is 1330 g/mol. The predicted molar refractivity (Wildman–Crippen MR) is 393 cm³/mol. The van der Waals surface area contributed by atoms with Crippen LogP contribution in [0.3, 0.4) is 0 Å². The second-order valence-electron chi connectivity index (χ2n) is 25.5. The van der Waals surface area contributed by atoms with Gasteiger partial charge in [-0.15, -0.1) is 0 Å². The van der Waals surface area contributed by atoms with Crippen molar-refractivity contribution in [3.63, 3.8) is 0 Å². The largest absolute Gasteiger partial charge is 0.454 e. The normalized spacial score (nSPS) is 15.6. The molecule has 24 heteroatoms. The number of nitrogens with one attached hydrogen (secondary N) is 3. The lowest BCUT2D eigenvalue weighted by Gasteiger charge is -2.41. The van der Waals surface area contributed by atoms with E-state index in [4.69, 9.17) is 48.5 Å². The van der Waals surface area contributed by atoms with Crippen LogP contribution in [0.1, 0.15) is 143 Å². The van der Waals surface area contributed by atoms with Gasteiger partial charge < -0.3 is 54.9 Å². The Labute approximate surface area is 604 Å². The van der Waals surface area contributed by atoms with Crippen molar-refractivity contribution in [3.05, 3.63) is 224 Å². The number of ether oxygens (including phenoxy) is 6. The Morgan fingerprint density at radius 1 is 0.592 bits per heavy atom. The maximum Gasteiger partial charge on any atom is 0.298 e. The van der Waals surface area contributed by atoms with E-state index in [1.54, 1.807) is 49.5 Å². The van der Waals surface area contributed by atoms with Crippen molar-refractivity contribution in [2.24, 2.45) is 5.73 Å². The molecule has 0 unspecified atom stereocenters. The number of hydrogen-bond acceptors (Lipinski definition) is 18. The van der Waals surface area contributed by atoms with E-state index in [1.165, 1.54) is 64.2 Å². The van der Waals surface area contributed by atoms with E-state index in [2.05, 4.69) is 100 Å². The molecular formula is C79H97N11O12S. The third kappa shape index (κ3) is 19.1. The summed E-state index contributed by atoms with van der Waals surface area (Å²) in [5.41, 5.74) is 21.4. The van der Waals surface area contributed by atoms with Gasteiger partial charge in [0.25, 0.3) is 16.0 Å². The third-order valence-corrected chi connectivity index (χ3v) is 19.9. The van der Waals surface area contributed by atoms with E-state index in [-0.39, 0.29) is 29.7 Å². The second-order valence-corrected chi connectivity index (χ2v) is 27.0. The van der Waals surface area contributed by atoms with Gasteiger partial charge in [-0.2, -0.15) is 23.7 Å². The van der Waals surface area contributed by atoms with Gasteiger partial charge in [-0.1, -0.05) is 96.6 Å². The molecule has 0 saturated carbocycles. The molecule has 0 spiro atoms. The number of aromatic nitrogens is 6. The van der Waals surface area contributed by atoms with Crippen LogP contribution in [0.2, 0.25) is 0 Å². The summed E-state index contributed by atoms with van der Waals surface area (Å²) in [7, 11) is -0.892. The molecule has 6 aromatic carbocycles. The number of rotatable bonds is 22. The quantitative estimate of drug-likeness (QED) is 0.0363. The highest BCUT2D eigenvalue weighted by Crippen LogP contribution is 2.42. The average molecular weight is 1420 g/mol. The molecule has 5 N–H and O–H groups in total. The molecule has 0 aliphatic carbocycles. The SMILES string of the molecule is CCn1nc(C)c2c1CCN([C@@H](C(=O)NC)c1ccccc1)[C@H]2CCc1ccc2c(c1)OCO2.CCn1nc(C)c2c1CCN[C@H]2CCc1ccc2c(c1)OCO2.CCn1nc(C)cc1CCN.CNC(=O)[C@H](OS(=O)(=O)c1ccc(C)cc1)c1ccccc1.O=CCCc1ccc2c(c1)OCO2. The summed E-state index contributed by atoms with van der Waals surface area (Å²) in [6.07, 6.45) is 7.73. The summed E-state index contributed by atoms with van der Waals surface area (Å²) in [4.78, 5) is 37.7.